The van der Waals surface area contributed by atoms with Crippen LogP contribution in [-0.4, -0.2) is 16.1 Å². The fraction of sp³-hybridized carbons (Fsp3) is 0.231. The number of benzene rings is 1. The summed E-state index contributed by atoms with van der Waals surface area (Å²) in [4.78, 5) is 4.56. The van der Waals surface area contributed by atoms with Crippen molar-refractivity contribution in [2.75, 3.05) is 11.9 Å². The Kier molecular flexibility index (Phi) is 2.80. The summed E-state index contributed by atoms with van der Waals surface area (Å²) in [5, 5.41) is 12.0. The van der Waals surface area contributed by atoms with E-state index < -0.39 is 0 Å². The predicted molar refractivity (Wildman–Crippen MR) is 71.6 cm³/mol. The minimum Gasteiger partial charge on any atom is -0.356 e. The second-order valence-corrected chi connectivity index (χ2v) is 4.73. The van der Waals surface area contributed by atoms with E-state index in [1.54, 1.807) is 6.07 Å². The molecule has 1 aromatic carbocycles. The van der Waals surface area contributed by atoms with Gasteiger partial charge < -0.3 is 5.32 Å². The lowest BCUT2D eigenvalue weighted by atomic mass is 10.1. The lowest BCUT2D eigenvalue weighted by Gasteiger charge is -2.20. The summed E-state index contributed by atoms with van der Waals surface area (Å²) >= 11 is 5.87. The monoisotopic (exact) mass is 260 g/mol. The van der Waals surface area contributed by atoms with E-state index in [1.165, 1.54) is 0 Å². The highest BCUT2D eigenvalue weighted by Gasteiger charge is 2.11. The normalized spacial score (nSPS) is 13.8. The molecule has 0 saturated heterocycles. The molecule has 0 amide bonds. The van der Waals surface area contributed by atoms with Crippen LogP contribution in [0.2, 0.25) is 5.02 Å². The summed E-state index contributed by atoms with van der Waals surface area (Å²) in [5.74, 6) is 0.777. The highest BCUT2D eigenvalue weighted by atomic mass is 35.5. The molecule has 0 unspecified atom stereocenters. The van der Waals surface area contributed by atoms with Gasteiger partial charge in [0.1, 0.15) is 5.49 Å². The summed E-state index contributed by atoms with van der Waals surface area (Å²) < 4.78 is 1.89. The van der Waals surface area contributed by atoms with Crippen molar-refractivity contribution in [2.24, 2.45) is 0 Å². The van der Waals surface area contributed by atoms with Gasteiger partial charge in [0, 0.05) is 29.7 Å². The first-order valence-corrected chi connectivity index (χ1v) is 6.28. The second-order valence-electron chi connectivity index (χ2n) is 4.29. The predicted octanol–water partition coefficient (Wildman–Crippen LogP) is 2.50. The Hall–Kier alpha value is -1.81. The average molecular weight is 261 g/mol. The molecular weight excluding hydrogens is 248 g/mol. The van der Waals surface area contributed by atoms with Gasteiger partial charge in [-0.2, -0.15) is 0 Å². The van der Waals surface area contributed by atoms with Crippen LogP contribution in [0.4, 0.5) is 5.95 Å². The van der Waals surface area contributed by atoms with Gasteiger partial charge in [0.25, 0.3) is 0 Å². The van der Waals surface area contributed by atoms with Gasteiger partial charge in [0.2, 0.25) is 5.95 Å². The number of hydrogen-bond acceptors (Lipinski definition) is 3. The molecule has 1 aliphatic heterocycles. The molecule has 92 valence electrons. The number of rotatable bonds is 1. The van der Waals surface area contributed by atoms with E-state index in [0.717, 1.165) is 36.7 Å². The van der Waals surface area contributed by atoms with Crippen molar-refractivity contribution in [1.29, 1.82) is 5.41 Å². The Labute approximate surface area is 110 Å². The van der Waals surface area contributed by atoms with Crippen molar-refractivity contribution in [3.05, 3.63) is 40.8 Å². The molecule has 2 heterocycles. The van der Waals surface area contributed by atoms with Crippen molar-refractivity contribution < 1.29 is 0 Å². The van der Waals surface area contributed by atoms with Gasteiger partial charge in [-0.1, -0.05) is 23.7 Å². The third-order valence-electron chi connectivity index (χ3n) is 3.03. The first-order chi connectivity index (χ1) is 8.74. The number of anilines is 1. The molecule has 2 N–H and O–H groups in total. The van der Waals surface area contributed by atoms with Crippen LogP contribution in [0.25, 0.3) is 11.3 Å². The smallest absolute Gasteiger partial charge is 0.204 e. The summed E-state index contributed by atoms with van der Waals surface area (Å²) in [6.45, 7) is 1.77. The Balaban J connectivity index is 2.11. The zero-order chi connectivity index (χ0) is 12.5. The van der Waals surface area contributed by atoms with Crippen LogP contribution < -0.4 is 10.8 Å². The quantitative estimate of drug-likeness (QED) is 0.828. The van der Waals surface area contributed by atoms with Crippen LogP contribution in [0.3, 0.4) is 0 Å². The zero-order valence-electron chi connectivity index (χ0n) is 9.78. The Bertz CT molecular complexity index is 630. The molecule has 0 aliphatic carbocycles. The summed E-state index contributed by atoms with van der Waals surface area (Å²) in [6.07, 6.45) is 1.03. The van der Waals surface area contributed by atoms with Crippen LogP contribution in [-0.2, 0) is 6.54 Å². The van der Waals surface area contributed by atoms with Crippen LogP contribution in [0.15, 0.2) is 30.3 Å². The van der Waals surface area contributed by atoms with Crippen molar-refractivity contribution >= 4 is 17.5 Å². The number of nitrogens with zero attached hydrogens (tertiary/aromatic N) is 2. The van der Waals surface area contributed by atoms with E-state index in [9.17, 15) is 0 Å². The molecule has 0 saturated carbocycles. The van der Waals surface area contributed by atoms with Gasteiger partial charge in [-0.15, -0.1) is 0 Å². The molecule has 0 spiro atoms. The van der Waals surface area contributed by atoms with Crippen LogP contribution in [0.1, 0.15) is 6.42 Å². The molecule has 0 atom stereocenters. The topological polar surface area (TPSA) is 53.7 Å². The molecule has 0 fully saturated rings. The first-order valence-electron chi connectivity index (χ1n) is 5.90. The number of aromatic nitrogens is 2. The van der Waals surface area contributed by atoms with Crippen LogP contribution >= 0.6 is 11.6 Å². The molecule has 18 heavy (non-hydrogen) atoms. The Morgan fingerprint density at radius 2 is 2.06 bits per heavy atom. The number of halogens is 1. The standard InChI is InChI=1S/C13H13ClN4/c14-10-4-2-9(3-5-10)11-8-12(15)18-7-1-6-16-13(18)17-11/h2-5,8,15H,1,6-7H2,(H,16,17). The fourth-order valence-corrected chi connectivity index (χ4v) is 2.22. The lowest BCUT2D eigenvalue weighted by Crippen LogP contribution is -2.30. The van der Waals surface area contributed by atoms with E-state index in [-0.39, 0.29) is 0 Å². The van der Waals surface area contributed by atoms with E-state index in [4.69, 9.17) is 17.0 Å². The molecule has 5 heteroatoms. The molecular formula is C13H13ClN4. The van der Waals surface area contributed by atoms with E-state index >= 15 is 0 Å². The second kappa shape index (κ2) is 4.46. The minimum absolute atomic E-state index is 0.483. The fourth-order valence-electron chi connectivity index (χ4n) is 2.10. The maximum absolute atomic E-state index is 8.04. The maximum atomic E-state index is 8.04. The van der Waals surface area contributed by atoms with Crippen LogP contribution in [0.5, 0.6) is 0 Å². The molecule has 2 aromatic rings. The Morgan fingerprint density at radius 1 is 1.28 bits per heavy atom. The highest BCUT2D eigenvalue weighted by Crippen LogP contribution is 2.20. The molecule has 3 rings (SSSR count). The van der Waals surface area contributed by atoms with E-state index in [0.29, 0.717) is 10.5 Å². The third kappa shape index (κ3) is 1.99. The van der Waals surface area contributed by atoms with Gasteiger partial charge in [-0.3, -0.25) is 9.98 Å². The minimum atomic E-state index is 0.483. The molecule has 1 aromatic heterocycles. The van der Waals surface area contributed by atoms with Gasteiger partial charge in [-0.25, -0.2) is 4.98 Å². The van der Waals surface area contributed by atoms with Gasteiger partial charge in [0.15, 0.2) is 0 Å². The SMILES string of the molecule is N=c1cc(-c2ccc(Cl)cc2)nc2n1CCCN2. The van der Waals surface area contributed by atoms with E-state index in [1.807, 2.05) is 28.8 Å². The molecule has 0 bridgehead atoms. The van der Waals surface area contributed by atoms with Crippen LogP contribution in [0, 0.1) is 5.41 Å². The number of hydrogen-bond donors (Lipinski definition) is 2. The first kappa shape index (κ1) is 11.3. The van der Waals surface area contributed by atoms with Gasteiger partial charge in [-0.05, 0) is 18.6 Å². The average Bonchev–Trinajstić information content (AvgIpc) is 2.39. The largest absolute Gasteiger partial charge is 0.356 e. The van der Waals surface area contributed by atoms with Crippen molar-refractivity contribution in [3.8, 4) is 11.3 Å². The summed E-state index contributed by atoms with van der Waals surface area (Å²) in [6, 6.07) is 9.30. The highest BCUT2D eigenvalue weighted by molar-refractivity contribution is 6.30. The zero-order valence-corrected chi connectivity index (χ0v) is 10.5. The number of fused-ring (bicyclic) bond motifs is 1. The maximum Gasteiger partial charge on any atom is 0.204 e. The van der Waals surface area contributed by atoms with Crippen molar-refractivity contribution in [1.82, 2.24) is 9.55 Å². The van der Waals surface area contributed by atoms with Crippen molar-refractivity contribution in [3.63, 3.8) is 0 Å². The lowest BCUT2D eigenvalue weighted by molar-refractivity contribution is 0.584. The van der Waals surface area contributed by atoms with E-state index in [2.05, 4.69) is 10.3 Å². The number of nitrogens with one attached hydrogen (secondary N) is 2. The molecule has 1 aliphatic rings. The molecule has 0 radical (unpaired) electrons. The Morgan fingerprint density at radius 3 is 2.83 bits per heavy atom. The molecule has 4 nitrogen and oxygen atoms in total. The van der Waals surface area contributed by atoms with Gasteiger partial charge in [0.05, 0.1) is 5.69 Å². The van der Waals surface area contributed by atoms with Gasteiger partial charge >= 0.3 is 0 Å². The summed E-state index contributed by atoms with van der Waals surface area (Å²) in [5.41, 5.74) is 2.26. The third-order valence-corrected chi connectivity index (χ3v) is 3.28. The van der Waals surface area contributed by atoms with Crippen molar-refractivity contribution in [2.45, 2.75) is 13.0 Å². The summed E-state index contributed by atoms with van der Waals surface area (Å²) in [7, 11) is 0.